The van der Waals surface area contributed by atoms with Crippen molar-refractivity contribution >= 4 is 0 Å². The summed E-state index contributed by atoms with van der Waals surface area (Å²) in [6, 6.07) is 9.40. The third-order valence-corrected chi connectivity index (χ3v) is 3.88. The number of benzene rings is 1. The van der Waals surface area contributed by atoms with Gasteiger partial charge < -0.3 is 4.74 Å². The van der Waals surface area contributed by atoms with Crippen LogP contribution < -0.4 is 4.74 Å². The van der Waals surface area contributed by atoms with Crippen LogP contribution in [-0.2, 0) is 6.42 Å². The minimum absolute atomic E-state index is 0.667. The van der Waals surface area contributed by atoms with E-state index in [-0.39, 0.29) is 0 Å². The van der Waals surface area contributed by atoms with E-state index in [9.17, 15) is 0 Å². The van der Waals surface area contributed by atoms with Crippen LogP contribution in [0.4, 0.5) is 0 Å². The lowest BCUT2D eigenvalue weighted by Gasteiger charge is -2.06. The van der Waals surface area contributed by atoms with Crippen molar-refractivity contribution in [3.63, 3.8) is 0 Å². The van der Waals surface area contributed by atoms with Gasteiger partial charge in [0.15, 0.2) is 0 Å². The van der Waals surface area contributed by atoms with Crippen LogP contribution in [0.3, 0.4) is 0 Å². The molecule has 0 N–H and O–H groups in total. The summed E-state index contributed by atoms with van der Waals surface area (Å²) in [6.45, 7) is 5.16. The number of unbranched alkanes of at least 4 members (excludes halogenated alkanes) is 7. The second-order valence-corrected chi connectivity index (χ2v) is 6.02. The molecule has 0 saturated heterocycles. The van der Waals surface area contributed by atoms with E-state index in [4.69, 9.17) is 4.74 Å². The van der Waals surface area contributed by atoms with E-state index >= 15 is 0 Å². The Balaban J connectivity index is 2.20. The smallest absolute Gasteiger partial charge is 0.120 e. The average Bonchev–Trinajstić information content (AvgIpc) is 2.54. The summed E-state index contributed by atoms with van der Waals surface area (Å²) in [7, 11) is 0. The van der Waals surface area contributed by atoms with Crippen LogP contribution in [0.2, 0.25) is 0 Å². The Morgan fingerprint density at radius 3 is 2.50 bits per heavy atom. The van der Waals surface area contributed by atoms with Gasteiger partial charge in [0.2, 0.25) is 0 Å². The van der Waals surface area contributed by atoms with Gasteiger partial charge in [-0.15, -0.1) is 0 Å². The molecule has 0 fully saturated rings. The lowest BCUT2D eigenvalue weighted by Crippen LogP contribution is -1.95. The van der Waals surface area contributed by atoms with Crippen LogP contribution in [0.5, 0.6) is 5.75 Å². The molecule has 0 amide bonds. The molecule has 0 aliphatic carbocycles. The maximum atomic E-state index is 5.78. The average molecular weight is 301 g/mol. The summed E-state index contributed by atoms with van der Waals surface area (Å²) in [5.74, 6) is 0.948. The quantitative estimate of drug-likeness (QED) is 0.298. The summed E-state index contributed by atoms with van der Waals surface area (Å²) < 4.78 is 5.78. The van der Waals surface area contributed by atoms with Crippen molar-refractivity contribution in [3.8, 4) is 5.75 Å². The zero-order valence-electron chi connectivity index (χ0n) is 14.6. The van der Waals surface area contributed by atoms with Gasteiger partial charge in [-0.25, -0.2) is 0 Å². The lowest BCUT2D eigenvalue weighted by molar-refractivity contribution is 0.362. The molecule has 1 rings (SSSR count). The Labute approximate surface area is 137 Å². The third-order valence-electron chi connectivity index (χ3n) is 3.88. The van der Waals surface area contributed by atoms with E-state index in [2.05, 4.69) is 44.2 Å². The first-order valence-corrected chi connectivity index (χ1v) is 9.14. The van der Waals surface area contributed by atoms with Gasteiger partial charge in [0.25, 0.3) is 0 Å². The van der Waals surface area contributed by atoms with Crippen molar-refractivity contribution in [1.82, 2.24) is 0 Å². The first-order chi connectivity index (χ1) is 10.9. The molecule has 1 heteroatoms. The maximum absolute atomic E-state index is 5.78. The number of hydrogen-bond acceptors (Lipinski definition) is 1. The monoisotopic (exact) mass is 301 g/mol. The second kappa shape index (κ2) is 13.4. The van der Waals surface area contributed by atoms with E-state index in [1.165, 1.54) is 63.4 Å². The molecule has 1 aromatic rings. The highest BCUT2D eigenvalue weighted by atomic mass is 16.5. The fraction of sp³-hybridized carbons (Fsp3) is 0.619. The molecule has 0 heterocycles. The molecule has 123 valence electrons. The number of ether oxygens (including phenoxy) is 1. The van der Waals surface area contributed by atoms with Gasteiger partial charge in [-0.3, -0.25) is 0 Å². The molecule has 0 bridgehead atoms. The van der Waals surface area contributed by atoms with Crippen molar-refractivity contribution in [2.24, 2.45) is 0 Å². The van der Waals surface area contributed by atoms with Crippen LogP contribution in [0, 0.1) is 6.07 Å². The number of allylic oxidation sites excluding steroid dienone is 1. The molecule has 1 aromatic carbocycles. The maximum Gasteiger partial charge on any atom is 0.120 e. The van der Waals surface area contributed by atoms with Gasteiger partial charge in [0.1, 0.15) is 12.4 Å². The van der Waals surface area contributed by atoms with E-state index in [0.717, 1.165) is 12.2 Å². The van der Waals surface area contributed by atoms with E-state index in [1.54, 1.807) is 0 Å². The highest BCUT2D eigenvalue weighted by Crippen LogP contribution is 2.16. The molecular formula is C21H33O. The van der Waals surface area contributed by atoms with Gasteiger partial charge in [0.05, 0.1) is 0 Å². The topological polar surface area (TPSA) is 9.23 Å². The predicted octanol–water partition coefficient (Wildman–Crippen LogP) is 6.51. The first kappa shape index (κ1) is 18.8. The van der Waals surface area contributed by atoms with Gasteiger partial charge in [-0.1, -0.05) is 70.6 Å². The van der Waals surface area contributed by atoms with Crippen LogP contribution >= 0.6 is 0 Å². The van der Waals surface area contributed by atoms with Gasteiger partial charge in [-0.05, 0) is 49.4 Å². The van der Waals surface area contributed by atoms with Gasteiger partial charge in [0, 0.05) is 0 Å². The van der Waals surface area contributed by atoms with Crippen molar-refractivity contribution < 1.29 is 4.74 Å². The zero-order chi connectivity index (χ0) is 15.9. The third kappa shape index (κ3) is 9.65. The summed E-state index contributed by atoms with van der Waals surface area (Å²) in [6.07, 6.45) is 17.2. The summed E-state index contributed by atoms with van der Waals surface area (Å²) in [4.78, 5) is 0. The number of aryl methyl sites for hydroxylation is 1. The molecule has 0 aliphatic heterocycles. The molecular weight excluding hydrogens is 268 g/mol. The lowest BCUT2D eigenvalue weighted by atomic mass is 10.1. The standard InChI is InChI=1S/C21H33O/c1-3-5-7-9-11-13-18-22-21-17-14-16-20(19-21)15-12-10-8-6-4-2/h11,13,16-17,19H,3-10,12,15,18H2,1-2H3/b13-11+. The highest BCUT2D eigenvalue weighted by Gasteiger charge is 1.97. The van der Waals surface area contributed by atoms with Crippen LogP contribution in [0.15, 0.2) is 30.4 Å². The minimum Gasteiger partial charge on any atom is -0.490 e. The van der Waals surface area contributed by atoms with E-state index < -0.39 is 0 Å². The largest absolute Gasteiger partial charge is 0.490 e. The molecule has 1 radical (unpaired) electrons. The Morgan fingerprint density at radius 2 is 1.68 bits per heavy atom. The van der Waals surface area contributed by atoms with E-state index in [0.29, 0.717) is 6.61 Å². The summed E-state index contributed by atoms with van der Waals surface area (Å²) in [5, 5.41) is 0. The summed E-state index contributed by atoms with van der Waals surface area (Å²) in [5.41, 5.74) is 1.35. The first-order valence-electron chi connectivity index (χ1n) is 9.14. The molecule has 0 aliphatic rings. The Kier molecular flexibility index (Phi) is 11.5. The molecule has 0 atom stereocenters. The fourth-order valence-electron chi connectivity index (χ4n) is 2.50. The minimum atomic E-state index is 0.667. The number of rotatable bonds is 13. The second-order valence-electron chi connectivity index (χ2n) is 6.02. The van der Waals surface area contributed by atoms with Gasteiger partial charge in [-0.2, -0.15) is 0 Å². The molecule has 22 heavy (non-hydrogen) atoms. The molecule has 0 unspecified atom stereocenters. The van der Waals surface area contributed by atoms with Gasteiger partial charge >= 0.3 is 0 Å². The highest BCUT2D eigenvalue weighted by molar-refractivity contribution is 5.28. The molecule has 1 nitrogen and oxygen atoms in total. The predicted molar refractivity (Wildman–Crippen MR) is 96.5 cm³/mol. The van der Waals surface area contributed by atoms with Crippen molar-refractivity contribution in [2.45, 2.75) is 78.1 Å². The molecule has 0 saturated carbocycles. The van der Waals surface area contributed by atoms with E-state index in [1.807, 2.05) is 6.07 Å². The normalized spacial score (nSPS) is 11.2. The van der Waals surface area contributed by atoms with Crippen LogP contribution in [0.1, 0.15) is 77.2 Å². The van der Waals surface area contributed by atoms with Crippen molar-refractivity contribution in [1.29, 1.82) is 0 Å². The summed E-state index contributed by atoms with van der Waals surface area (Å²) >= 11 is 0. The van der Waals surface area contributed by atoms with Crippen LogP contribution in [0.25, 0.3) is 0 Å². The zero-order valence-corrected chi connectivity index (χ0v) is 14.6. The molecule has 0 spiro atoms. The fourth-order valence-corrected chi connectivity index (χ4v) is 2.50. The SMILES string of the molecule is CCCCC/C=C/COc1c[c]cc(CCCCCCC)c1. The van der Waals surface area contributed by atoms with Crippen molar-refractivity contribution in [2.75, 3.05) is 6.61 Å². The Hall–Kier alpha value is -1.24. The Bertz CT molecular complexity index is 395. The number of hydrogen-bond donors (Lipinski definition) is 0. The Morgan fingerprint density at radius 1 is 0.909 bits per heavy atom. The van der Waals surface area contributed by atoms with Crippen LogP contribution in [-0.4, -0.2) is 6.61 Å². The molecule has 0 aromatic heterocycles. The van der Waals surface area contributed by atoms with Crippen molar-refractivity contribution in [3.05, 3.63) is 42.0 Å².